The molecular formula is C16H19N3O5S. The fourth-order valence-electron chi connectivity index (χ4n) is 3.13. The molecule has 0 unspecified atom stereocenters. The number of hydrogen-bond acceptors (Lipinski definition) is 6. The van der Waals surface area contributed by atoms with E-state index in [4.69, 9.17) is 4.74 Å². The van der Waals surface area contributed by atoms with Crippen LogP contribution in [0.5, 0.6) is 0 Å². The lowest BCUT2D eigenvalue weighted by molar-refractivity contribution is -0.150. The molecule has 1 aliphatic heterocycles. The molecule has 0 radical (unpaired) electrons. The molecule has 1 aromatic heterocycles. The molecule has 0 bridgehead atoms. The van der Waals surface area contributed by atoms with E-state index in [2.05, 4.69) is 10.7 Å². The van der Waals surface area contributed by atoms with Crippen molar-refractivity contribution in [3.8, 4) is 0 Å². The van der Waals surface area contributed by atoms with Gasteiger partial charge >= 0.3 is 12.0 Å². The molecule has 3 rings (SSSR count). The van der Waals surface area contributed by atoms with Gasteiger partial charge in [0, 0.05) is 0 Å². The maximum atomic E-state index is 12.5. The van der Waals surface area contributed by atoms with E-state index < -0.39 is 36.0 Å². The van der Waals surface area contributed by atoms with Crippen LogP contribution in [0.4, 0.5) is 4.79 Å². The number of esters is 1. The third-order valence-electron chi connectivity index (χ3n) is 4.40. The molecule has 2 heterocycles. The minimum atomic E-state index is -0.905. The lowest BCUT2D eigenvalue weighted by Gasteiger charge is -2.30. The highest BCUT2D eigenvalue weighted by Gasteiger charge is 2.52. The van der Waals surface area contributed by atoms with Crippen LogP contribution in [-0.4, -0.2) is 41.0 Å². The monoisotopic (exact) mass is 365 g/mol. The van der Waals surface area contributed by atoms with Crippen molar-refractivity contribution in [1.29, 1.82) is 0 Å². The molecule has 0 atom stereocenters. The third-order valence-corrected chi connectivity index (χ3v) is 5.13. The molecule has 2 aliphatic rings. The molecule has 1 saturated carbocycles. The van der Waals surface area contributed by atoms with Crippen LogP contribution in [0, 0.1) is 0 Å². The zero-order valence-electron chi connectivity index (χ0n) is 13.6. The highest BCUT2D eigenvalue weighted by molar-refractivity contribution is 7.08. The average molecular weight is 365 g/mol. The highest BCUT2D eigenvalue weighted by Crippen LogP contribution is 2.32. The number of carbonyl (C=O) groups excluding carboxylic acids is 4. The molecular weight excluding hydrogens is 346 g/mol. The van der Waals surface area contributed by atoms with E-state index in [1.807, 2.05) is 10.8 Å². The van der Waals surface area contributed by atoms with Crippen LogP contribution in [0.15, 0.2) is 16.8 Å². The second-order valence-electron chi connectivity index (χ2n) is 6.22. The second-order valence-corrected chi connectivity index (χ2v) is 7.00. The van der Waals surface area contributed by atoms with Crippen LogP contribution in [-0.2, 0) is 25.5 Å². The Morgan fingerprint density at radius 3 is 2.72 bits per heavy atom. The van der Waals surface area contributed by atoms with Gasteiger partial charge in [-0.15, -0.1) is 0 Å². The number of rotatable bonds is 5. The Morgan fingerprint density at radius 1 is 1.28 bits per heavy atom. The first-order chi connectivity index (χ1) is 12.0. The van der Waals surface area contributed by atoms with Gasteiger partial charge in [0.05, 0.1) is 6.42 Å². The van der Waals surface area contributed by atoms with Gasteiger partial charge in [-0.1, -0.05) is 19.3 Å². The molecule has 2 N–H and O–H groups in total. The SMILES string of the molecule is O=C(COC(=O)Cc1ccsc1)NN1C(=O)NC2(CCCCC2)C1=O. The van der Waals surface area contributed by atoms with Crippen molar-refractivity contribution in [2.75, 3.05) is 6.61 Å². The smallest absolute Gasteiger partial charge is 0.344 e. The summed E-state index contributed by atoms with van der Waals surface area (Å²) in [4.78, 5) is 48.1. The molecule has 1 saturated heterocycles. The van der Waals surface area contributed by atoms with E-state index in [0.717, 1.165) is 24.8 Å². The molecule has 134 valence electrons. The van der Waals surface area contributed by atoms with Crippen molar-refractivity contribution in [2.24, 2.45) is 0 Å². The third kappa shape index (κ3) is 3.81. The van der Waals surface area contributed by atoms with E-state index in [1.54, 1.807) is 6.07 Å². The number of carbonyl (C=O) groups is 4. The number of thiophene rings is 1. The lowest BCUT2D eigenvalue weighted by Crippen LogP contribution is -2.51. The van der Waals surface area contributed by atoms with Crippen LogP contribution < -0.4 is 10.7 Å². The summed E-state index contributed by atoms with van der Waals surface area (Å²) in [6, 6.07) is 1.15. The topological polar surface area (TPSA) is 105 Å². The number of nitrogens with zero attached hydrogens (tertiary/aromatic N) is 1. The highest BCUT2D eigenvalue weighted by atomic mass is 32.1. The fourth-order valence-corrected chi connectivity index (χ4v) is 3.80. The van der Waals surface area contributed by atoms with Gasteiger partial charge < -0.3 is 10.1 Å². The summed E-state index contributed by atoms with van der Waals surface area (Å²) in [6.45, 7) is -0.549. The molecule has 1 aromatic rings. The fraction of sp³-hybridized carbons (Fsp3) is 0.500. The van der Waals surface area contributed by atoms with Crippen LogP contribution in [0.2, 0.25) is 0 Å². The summed E-state index contributed by atoms with van der Waals surface area (Å²) >= 11 is 1.46. The lowest BCUT2D eigenvalue weighted by atomic mass is 9.82. The van der Waals surface area contributed by atoms with Crippen LogP contribution in [0.1, 0.15) is 37.7 Å². The number of imide groups is 1. The minimum Gasteiger partial charge on any atom is -0.455 e. The Balaban J connectivity index is 1.49. The Labute approximate surface area is 148 Å². The predicted molar refractivity (Wildman–Crippen MR) is 88.3 cm³/mol. The first-order valence-electron chi connectivity index (χ1n) is 8.13. The Bertz CT molecular complexity index is 682. The van der Waals surface area contributed by atoms with E-state index in [9.17, 15) is 19.2 Å². The molecule has 2 fully saturated rings. The Morgan fingerprint density at radius 2 is 2.04 bits per heavy atom. The maximum absolute atomic E-state index is 12.5. The number of hydrogen-bond donors (Lipinski definition) is 2. The van der Waals surface area contributed by atoms with Gasteiger partial charge in [-0.05, 0) is 35.2 Å². The first-order valence-corrected chi connectivity index (χ1v) is 9.07. The number of nitrogens with one attached hydrogen (secondary N) is 2. The van der Waals surface area contributed by atoms with Crippen molar-refractivity contribution in [3.05, 3.63) is 22.4 Å². The molecule has 4 amide bonds. The van der Waals surface area contributed by atoms with Crippen molar-refractivity contribution in [2.45, 2.75) is 44.1 Å². The molecule has 25 heavy (non-hydrogen) atoms. The van der Waals surface area contributed by atoms with Crippen LogP contribution in [0.3, 0.4) is 0 Å². The Kier molecular flexibility index (Phi) is 5.03. The van der Waals surface area contributed by atoms with Crippen molar-refractivity contribution in [3.63, 3.8) is 0 Å². The largest absolute Gasteiger partial charge is 0.455 e. The zero-order valence-corrected chi connectivity index (χ0v) is 14.4. The zero-order chi connectivity index (χ0) is 17.9. The number of urea groups is 1. The van der Waals surface area contributed by atoms with Gasteiger partial charge in [-0.3, -0.25) is 19.8 Å². The molecule has 0 aromatic carbocycles. The maximum Gasteiger partial charge on any atom is 0.344 e. The van der Waals surface area contributed by atoms with Gasteiger partial charge in [0.1, 0.15) is 5.54 Å². The summed E-state index contributed by atoms with van der Waals surface area (Å²) in [5.41, 5.74) is 2.13. The molecule has 8 nitrogen and oxygen atoms in total. The van der Waals surface area contributed by atoms with Gasteiger partial charge in [0.2, 0.25) is 0 Å². The predicted octanol–water partition coefficient (Wildman–Crippen LogP) is 1.12. The summed E-state index contributed by atoms with van der Waals surface area (Å²) in [6.07, 6.45) is 3.95. The molecule has 9 heteroatoms. The first kappa shape index (κ1) is 17.4. The van der Waals surface area contributed by atoms with Crippen molar-refractivity contribution < 1.29 is 23.9 Å². The normalized spacial score (nSPS) is 19.0. The minimum absolute atomic E-state index is 0.0724. The van der Waals surface area contributed by atoms with E-state index >= 15 is 0 Å². The number of amides is 4. The number of hydrazine groups is 1. The van der Waals surface area contributed by atoms with Crippen molar-refractivity contribution in [1.82, 2.24) is 15.8 Å². The summed E-state index contributed by atoms with van der Waals surface area (Å²) in [7, 11) is 0. The average Bonchev–Trinajstić information content (AvgIpc) is 3.17. The summed E-state index contributed by atoms with van der Waals surface area (Å²) < 4.78 is 4.88. The van der Waals surface area contributed by atoms with E-state index in [-0.39, 0.29) is 6.42 Å². The van der Waals surface area contributed by atoms with Crippen LogP contribution >= 0.6 is 11.3 Å². The van der Waals surface area contributed by atoms with Crippen LogP contribution in [0.25, 0.3) is 0 Å². The van der Waals surface area contributed by atoms with E-state index in [1.165, 1.54) is 11.3 Å². The van der Waals surface area contributed by atoms with Gasteiger partial charge in [-0.2, -0.15) is 16.3 Å². The molecule has 1 spiro atoms. The van der Waals surface area contributed by atoms with Gasteiger partial charge in [0.25, 0.3) is 11.8 Å². The van der Waals surface area contributed by atoms with Gasteiger partial charge in [-0.25, -0.2) is 4.79 Å². The molecule has 1 aliphatic carbocycles. The van der Waals surface area contributed by atoms with E-state index in [0.29, 0.717) is 17.9 Å². The Hall–Kier alpha value is -2.42. The van der Waals surface area contributed by atoms with Crippen molar-refractivity contribution >= 4 is 35.2 Å². The summed E-state index contributed by atoms with van der Waals surface area (Å²) in [5, 5.41) is 7.04. The second kappa shape index (κ2) is 7.22. The number of ether oxygens (including phenoxy) is 1. The standard InChI is InChI=1S/C16H19N3O5S/c20-12(9-24-13(21)8-11-4-7-25-10-11)18-19-14(22)16(17-15(19)23)5-2-1-3-6-16/h4,7,10H,1-3,5-6,8-9H2,(H,17,23)(H,18,20). The summed E-state index contributed by atoms with van der Waals surface area (Å²) in [5.74, 6) is -1.72. The van der Waals surface area contributed by atoms with Gasteiger partial charge in [0.15, 0.2) is 6.61 Å². The quantitative estimate of drug-likeness (QED) is 0.601.